The number of fused-ring (bicyclic) bond motifs is 2. The molecule has 1 aromatic carbocycles. The molecule has 0 spiro atoms. The number of para-hydroxylation sites is 1. The molecule has 0 radical (unpaired) electrons. The van der Waals surface area contributed by atoms with E-state index >= 15 is 0 Å². The van der Waals surface area contributed by atoms with Crippen molar-refractivity contribution in [3.8, 4) is 0 Å². The molecule has 80 valence electrons. The lowest BCUT2D eigenvalue weighted by molar-refractivity contribution is -0.483. The Balaban J connectivity index is 2.37. The average Bonchev–Trinajstić information content (AvgIpc) is 2.31. The third-order valence-electron chi connectivity index (χ3n) is 2.74. The lowest BCUT2D eigenvalue weighted by Crippen LogP contribution is -2.77. The summed E-state index contributed by atoms with van der Waals surface area (Å²) >= 11 is 0. The molecule has 0 aliphatic carbocycles. The van der Waals surface area contributed by atoms with Gasteiger partial charge in [-0.25, -0.2) is 4.98 Å². The molecule has 16 heavy (non-hydrogen) atoms. The molecule has 0 unspecified atom stereocenters. The van der Waals surface area contributed by atoms with Crippen LogP contribution < -0.4 is 16.3 Å². The molecule has 3 N–H and O–H groups in total. The van der Waals surface area contributed by atoms with Crippen LogP contribution in [0.3, 0.4) is 0 Å². The Hall–Kier alpha value is -2.17. The number of nitrogens with two attached hydrogens (primary N) is 1. The van der Waals surface area contributed by atoms with Crippen molar-refractivity contribution < 1.29 is 4.99 Å². The number of amidine groups is 1. The lowest BCUT2D eigenvalue weighted by atomic mass is 10.2. The number of rotatable bonds is 0. The van der Waals surface area contributed by atoms with Crippen molar-refractivity contribution in [1.29, 1.82) is 0 Å². The molecule has 1 aliphatic rings. The minimum atomic E-state index is -0.0231. The summed E-state index contributed by atoms with van der Waals surface area (Å²) in [5, 5.41) is 0.640. The second-order valence-electron chi connectivity index (χ2n) is 3.82. The summed E-state index contributed by atoms with van der Waals surface area (Å²) in [6, 6.07) is 7.35. The quantitative estimate of drug-likeness (QED) is 0.553. The van der Waals surface area contributed by atoms with Gasteiger partial charge in [-0.1, -0.05) is 12.1 Å². The molecular formula is C11H11N4O+. The highest BCUT2D eigenvalue weighted by Crippen LogP contribution is 2.07. The van der Waals surface area contributed by atoms with Crippen LogP contribution >= 0.6 is 0 Å². The summed E-state index contributed by atoms with van der Waals surface area (Å²) in [7, 11) is 0. The van der Waals surface area contributed by atoms with Gasteiger partial charge in [-0.15, -0.1) is 0 Å². The molecular weight excluding hydrogens is 204 g/mol. The highest BCUT2D eigenvalue weighted by Gasteiger charge is 2.17. The third kappa shape index (κ3) is 1.21. The summed E-state index contributed by atoms with van der Waals surface area (Å²) in [6.07, 6.45) is 0. The first-order valence-electron chi connectivity index (χ1n) is 5.09. The molecule has 0 amide bonds. The Labute approximate surface area is 91.2 Å². The molecule has 2 aromatic rings. The lowest BCUT2D eigenvalue weighted by Gasteiger charge is -2.13. The zero-order valence-electron chi connectivity index (χ0n) is 8.60. The molecule has 0 saturated carbocycles. The Kier molecular flexibility index (Phi) is 1.80. The van der Waals surface area contributed by atoms with Crippen molar-refractivity contribution in [2.24, 2.45) is 5.73 Å². The van der Waals surface area contributed by atoms with E-state index < -0.39 is 0 Å². The molecule has 0 bridgehead atoms. The first kappa shape index (κ1) is 9.08. The van der Waals surface area contributed by atoms with E-state index in [4.69, 9.17) is 5.73 Å². The maximum atomic E-state index is 12.1. The second-order valence-corrected chi connectivity index (χ2v) is 3.82. The SMILES string of the molecule is NC1=[NH+]Cc2nc3ccccc3c(=O)n2C1. The van der Waals surface area contributed by atoms with Gasteiger partial charge in [-0.3, -0.25) is 20.1 Å². The topological polar surface area (TPSA) is 74.9 Å². The van der Waals surface area contributed by atoms with Crippen LogP contribution in [0.15, 0.2) is 29.1 Å². The van der Waals surface area contributed by atoms with Gasteiger partial charge in [0, 0.05) is 0 Å². The smallest absolute Gasteiger partial charge is 0.262 e. The zero-order chi connectivity index (χ0) is 11.1. The fourth-order valence-corrected chi connectivity index (χ4v) is 1.93. The van der Waals surface area contributed by atoms with Crippen LogP contribution in [0.1, 0.15) is 5.82 Å². The Bertz CT molecular complexity index is 657. The van der Waals surface area contributed by atoms with Crippen molar-refractivity contribution >= 4 is 16.7 Å². The number of nitrogens with zero attached hydrogens (tertiary/aromatic N) is 2. The van der Waals surface area contributed by atoms with Gasteiger partial charge < -0.3 is 0 Å². The van der Waals surface area contributed by atoms with Gasteiger partial charge in [0.05, 0.1) is 10.9 Å². The van der Waals surface area contributed by atoms with E-state index in [1.807, 2.05) is 18.2 Å². The standard InChI is InChI=1S/C11H10N4O/c12-9-6-15-10(5-13-9)14-8-4-2-1-3-7(8)11(15)16/h1-4H,5-6H2,(H2,12,13)/p+1. The maximum absolute atomic E-state index is 12.1. The Morgan fingerprint density at radius 3 is 3.06 bits per heavy atom. The van der Waals surface area contributed by atoms with Gasteiger partial charge >= 0.3 is 0 Å². The third-order valence-corrected chi connectivity index (χ3v) is 2.74. The predicted molar refractivity (Wildman–Crippen MR) is 59.9 cm³/mol. The monoisotopic (exact) mass is 215 g/mol. The Morgan fingerprint density at radius 1 is 1.38 bits per heavy atom. The van der Waals surface area contributed by atoms with Crippen LogP contribution in [0.2, 0.25) is 0 Å². The van der Waals surface area contributed by atoms with Crippen LogP contribution in [-0.4, -0.2) is 15.4 Å². The summed E-state index contributed by atoms with van der Waals surface area (Å²) in [5.41, 5.74) is 6.39. The first-order chi connectivity index (χ1) is 7.75. The zero-order valence-corrected chi connectivity index (χ0v) is 8.60. The number of aromatic nitrogens is 2. The predicted octanol–water partition coefficient (Wildman–Crippen LogP) is -1.65. The van der Waals surface area contributed by atoms with E-state index in [1.165, 1.54) is 0 Å². The van der Waals surface area contributed by atoms with Crippen LogP contribution in [0.5, 0.6) is 0 Å². The van der Waals surface area contributed by atoms with E-state index in [2.05, 4.69) is 9.98 Å². The second kappa shape index (κ2) is 3.16. The molecule has 1 aliphatic heterocycles. The van der Waals surface area contributed by atoms with Gasteiger partial charge in [0.15, 0.2) is 5.82 Å². The van der Waals surface area contributed by atoms with E-state index in [0.29, 0.717) is 24.3 Å². The minimum Gasteiger partial charge on any atom is -0.290 e. The number of benzene rings is 1. The van der Waals surface area contributed by atoms with E-state index in [1.54, 1.807) is 10.6 Å². The van der Waals surface area contributed by atoms with Crippen molar-refractivity contribution in [2.45, 2.75) is 13.1 Å². The molecule has 0 saturated heterocycles. The van der Waals surface area contributed by atoms with Gasteiger partial charge in [0.1, 0.15) is 13.1 Å². The fourth-order valence-electron chi connectivity index (χ4n) is 1.93. The van der Waals surface area contributed by atoms with Crippen molar-refractivity contribution in [1.82, 2.24) is 9.55 Å². The normalized spacial score (nSPS) is 14.6. The van der Waals surface area contributed by atoms with Gasteiger partial charge in [0.25, 0.3) is 11.4 Å². The van der Waals surface area contributed by atoms with E-state index in [9.17, 15) is 4.79 Å². The van der Waals surface area contributed by atoms with Crippen molar-refractivity contribution in [3.05, 3.63) is 40.4 Å². The van der Waals surface area contributed by atoms with Crippen LogP contribution in [-0.2, 0) is 13.1 Å². The Morgan fingerprint density at radius 2 is 2.19 bits per heavy atom. The molecule has 2 heterocycles. The molecule has 0 atom stereocenters. The first-order valence-corrected chi connectivity index (χ1v) is 5.09. The number of hydrogen-bond donors (Lipinski definition) is 2. The average molecular weight is 215 g/mol. The molecule has 0 fully saturated rings. The summed E-state index contributed by atoms with van der Waals surface area (Å²) in [6.45, 7) is 0.901. The summed E-state index contributed by atoms with van der Waals surface area (Å²) in [5.74, 6) is 1.34. The number of nitrogens with one attached hydrogen (secondary N) is 1. The molecule has 1 aromatic heterocycles. The molecule has 5 heteroatoms. The van der Waals surface area contributed by atoms with Gasteiger partial charge in [-0.2, -0.15) is 0 Å². The van der Waals surface area contributed by atoms with E-state index in [-0.39, 0.29) is 5.56 Å². The highest BCUT2D eigenvalue weighted by atomic mass is 16.1. The summed E-state index contributed by atoms with van der Waals surface area (Å²) in [4.78, 5) is 19.6. The number of hydrogen-bond acceptors (Lipinski definition) is 3. The summed E-state index contributed by atoms with van der Waals surface area (Å²) < 4.78 is 1.62. The highest BCUT2D eigenvalue weighted by molar-refractivity contribution is 5.79. The van der Waals surface area contributed by atoms with Crippen LogP contribution in [0.4, 0.5) is 0 Å². The van der Waals surface area contributed by atoms with Gasteiger partial charge in [0.2, 0.25) is 0 Å². The molecule has 3 rings (SSSR count). The van der Waals surface area contributed by atoms with Crippen LogP contribution in [0.25, 0.3) is 10.9 Å². The molecule has 5 nitrogen and oxygen atoms in total. The maximum Gasteiger partial charge on any atom is 0.262 e. The van der Waals surface area contributed by atoms with Crippen molar-refractivity contribution in [2.75, 3.05) is 0 Å². The fraction of sp³-hybridized carbons (Fsp3) is 0.182. The van der Waals surface area contributed by atoms with Crippen LogP contribution in [0, 0.1) is 0 Å². The minimum absolute atomic E-state index is 0.0231. The van der Waals surface area contributed by atoms with Gasteiger partial charge in [-0.05, 0) is 12.1 Å². The van der Waals surface area contributed by atoms with E-state index in [0.717, 1.165) is 11.3 Å². The van der Waals surface area contributed by atoms with Crippen molar-refractivity contribution in [3.63, 3.8) is 0 Å². The largest absolute Gasteiger partial charge is 0.290 e.